The summed E-state index contributed by atoms with van der Waals surface area (Å²) in [6.45, 7) is 6.11. The van der Waals surface area contributed by atoms with E-state index < -0.39 is 11.7 Å². The third-order valence-electron chi connectivity index (χ3n) is 9.09. The summed E-state index contributed by atoms with van der Waals surface area (Å²) in [6.07, 6.45) is 8.04. The first kappa shape index (κ1) is 26.6. The second kappa shape index (κ2) is 10.4. The third-order valence-corrected chi connectivity index (χ3v) is 9.09. The van der Waals surface area contributed by atoms with Gasteiger partial charge in [-0.2, -0.15) is 0 Å². The average Bonchev–Trinajstić information content (AvgIpc) is 3.58. The van der Waals surface area contributed by atoms with E-state index in [0.29, 0.717) is 30.6 Å². The molecule has 0 aromatic carbocycles. The highest BCUT2D eigenvalue weighted by Gasteiger charge is 2.43. The van der Waals surface area contributed by atoms with E-state index in [-0.39, 0.29) is 11.4 Å². The minimum Gasteiger partial charge on any atom is -0.481 e. The molecular weight excluding hydrogens is 507 g/mol. The number of methoxy groups -OCH3 is 1. The molecule has 0 radical (unpaired) electrons. The predicted molar refractivity (Wildman–Crippen MR) is 152 cm³/mol. The second-order valence-corrected chi connectivity index (χ2v) is 11.6. The molecule has 1 spiro atoms. The maximum Gasteiger partial charge on any atom is 0.230 e. The molecule has 2 saturated heterocycles. The Morgan fingerprint density at radius 2 is 2.08 bits per heavy atom. The Kier molecular flexibility index (Phi) is 6.94. The molecule has 3 aromatic rings. The van der Waals surface area contributed by atoms with Gasteiger partial charge in [0.2, 0.25) is 11.8 Å². The zero-order valence-electron chi connectivity index (χ0n) is 23.7. The summed E-state index contributed by atoms with van der Waals surface area (Å²) in [7, 11) is 3.67. The number of hydrogen-bond acceptors (Lipinski definition) is 7. The Hall–Kier alpha value is -3.59. The van der Waals surface area contributed by atoms with Crippen LogP contribution in [0.5, 0.6) is 5.88 Å². The monoisotopic (exact) mass is 544 g/mol. The van der Waals surface area contributed by atoms with Crippen molar-refractivity contribution in [3.05, 3.63) is 64.9 Å². The summed E-state index contributed by atoms with van der Waals surface area (Å²) >= 11 is 0. The van der Waals surface area contributed by atoms with Gasteiger partial charge in [-0.15, -0.1) is 0 Å². The van der Waals surface area contributed by atoms with Crippen LogP contribution in [0.3, 0.4) is 0 Å². The third kappa shape index (κ3) is 4.80. The fourth-order valence-electron chi connectivity index (χ4n) is 6.68. The van der Waals surface area contributed by atoms with Gasteiger partial charge in [0.1, 0.15) is 11.6 Å². The van der Waals surface area contributed by atoms with Gasteiger partial charge in [-0.3, -0.25) is 14.7 Å². The van der Waals surface area contributed by atoms with E-state index >= 15 is 0 Å². The van der Waals surface area contributed by atoms with Crippen LogP contribution in [0.15, 0.2) is 36.7 Å². The quantitative estimate of drug-likeness (QED) is 0.490. The number of ether oxygens (including phenoxy) is 1. The molecule has 0 bridgehead atoms. The molecule has 1 N–H and O–H groups in total. The van der Waals surface area contributed by atoms with E-state index in [9.17, 15) is 9.18 Å². The molecule has 40 heavy (non-hydrogen) atoms. The molecule has 8 nitrogen and oxygen atoms in total. The number of rotatable bonds is 5. The largest absolute Gasteiger partial charge is 0.481 e. The molecule has 210 valence electrons. The number of likely N-dealkylation sites (tertiary alicyclic amines) is 2. The lowest BCUT2D eigenvalue weighted by atomic mass is 9.86. The molecule has 3 atom stereocenters. The van der Waals surface area contributed by atoms with E-state index in [1.165, 1.54) is 37.1 Å². The summed E-state index contributed by atoms with van der Waals surface area (Å²) in [5.41, 5.74) is 5.55. The van der Waals surface area contributed by atoms with Gasteiger partial charge < -0.3 is 15.0 Å². The lowest BCUT2D eigenvalue weighted by Gasteiger charge is -2.36. The van der Waals surface area contributed by atoms with Crippen molar-refractivity contribution in [3.8, 4) is 17.1 Å². The summed E-state index contributed by atoms with van der Waals surface area (Å²) in [4.78, 5) is 31.3. The van der Waals surface area contributed by atoms with Crippen molar-refractivity contribution >= 4 is 11.7 Å². The predicted octanol–water partition coefficient (Wildman–Crippen LogP) is 4.89. The average molecular weight is 545 g/mol. The fraction of sp³-hybridized carbons (Fsp3) is 0.484. The Balaban J connectivity index is 1.19. The van der Waals surface area contributed by atoms with E-state index in [2.05, 4.69) is 40.4 Å². The first-order chi connectivity index (χ1) is 19.3. The standard InChI is InChI=1S/C31H37FN6O2/c1-19(23-16-28(40-4)34-17-25(23)32)30(39)38-13-10-31(18-38)9-7-22-14-24(20(2)35-29(22)36-31)26-15-21(8-11-33-26)27-6-5-12-37(27)3/h8,11,14-17,19,27H,5-7,9-10,12-13,18H2,1-4H3,(H,35,36)/t19-,27+,31+/m1/s1. The molecular formula is C31H37FN6O2. The molecule has 0 saturated carbocycles. The van der Waals surface area contributed by atoms with Crippen LogP contribution in [0.25, 0.3) is 11.3 Å². The number of carbonyl (C=O) groups excluding carboxylic acids is 1. The lowest BCUT2D eigenvalue weighted by Crippen LogP contribution is -2.46. The van der Waals surface area contributed by atoms with E-state index in [4.69, 9.17) is 14.7 Å². The molecule has 9 heteroatoms. The van der Waals surface area contributed by atoms with Crippen molar-refractivity contribution in [2.45, 2.75) is 63.5 Å². The van der Waals surface area contributed by atoms with Gasteiger partial charge in [0, 0.05) is 48.2 Å². The maximum absolute atomic E-state index is 14.5. The number of carbonyl (C=O) groups is 1. The van der Waals surface area contributed by atoms with E-state index in [1.807, 2.05) is 18.0 Å². The molecule has 3 aliphatic heterocycles. The highest BCUT2D eigenvalue weighted by molar-refractivity contribution is 5.84. The zero-order chi connectivity index (χ0) is 28.0. The Labute approximate surface area is 235 Å². The van der Waals surface area contributed by atoms with Crippen molar-refractivity contribution in [2.24, 2.45) is 0 Å². The number of fused-ring (bicyclic) bond motifs is 1. The van der Waals surface area contributed by atoms with Crippen molar-refractivity contribution in [3.63, 3.8) is 0 Å². The van der Waals surface area contributed by atoms with E-state index in [1.54, 1.807) is 6.92 Å². The van der Waals surface area contributed by atoms with Crippen LogP contribution in [0.2, 0.25) is 0 Å². The van der Waals surface area contributed by atoms with Gasteiger partial charge in [0.05, 0.1) is 30.5 Å². The van der Waals surface area contributed by atoms with Crippen LogP contribution in [-0.4, -0.2) is 70.0 Å². The van der Waals surface area contributed by atoms with Crippen molar-refractivity contribution in [1.29, 1.82) is 0 Å². The van der Waals surface area contributed by atoms with Gasteiger partial charge in [0.25, 0.3) is 0 Å². The van der Waals surface area contributed by atoms with Gasteiger partial charge in [0.15, 0.2) is 0 Å². The van der Waals surface area contributed by atoms with Crippen LogP contribution >= 0.6 is 0 Å². The fourth-order valence-corrected chi connectivity index (χ4v) is 6.68. The van der Waals surface area contributed by atoms with Crippen molar-refractivity contribution in [2.75, 3.05) is 39.1 Å². The van der Waals surface area contributed by atoms with Crippen LogP contribution in [0, 0.1) is 12.7 Å². The molecule has 6 heterocycles. The highest BCUT2D eigenvalue weighted by Crippen LogP contribution is 2.39. The van der Waals surface area contributed by atoms with Crippen molar-refractivity contribution < 1.29 is 13.9 Å². The number of anilines is 1. The van der Waals surface area contributed by atoms with Gasteiger partial charge in [-0.05, 0) is 88.9 Å². The lowest BCUT2D eigenvalue weighted by molar-refractivity contribution is -0.131. The molecule has 2 fully saturated rings. The number of nitrogens with zero attached hydrogens (tertiary/aromatic N) is 5. The van der Waals surface area contributed by atoms with Crippen LogP contribution < -0.4 is 10.1 Å². The number of aromatic nitrogens is 3. The normalized spacial score (nSPS) is 23.2. The second-order valence-electron chi connectivity index (χ2n) is 11.6. The van der Waals surface area contributed by atoms with E-state index in [0.717, 1.165) is 54.8 Å². The first-order valence-electron chi connectivity index (χ1n) is 14.2. The number of aryl methyl sites for hydroxylation is 2. The highest BCUT2D eigenvalue weighted by atomic mass is 19.1. The van der Waals surface area contributed by atoms with Gasteiger partial charge in [-0.1, -0.05) is 0 Å². The number of nitrogens with one attached hydrogen (secondary N) is 1. The minimum atomic E-state index is -0.627. The number of amides is 1. The molecule has 0 unspecified atom stereocenters. The van der Waals surface area contributed by atoms with Crippen LogP contribution in [-0.2, 0) is 11.2 Å². The molecule has 0 aliphatic carbocycles. The SMILES string of the molecule is COc1cc([C@@H](C)C(=O)N2CC[C@@]3(CCc4cc(-c5cc([C@@H]6CCCN6C)ccn5)c(C)nc4N3)C2)c(F)cn1. The zero-order valence-corrected chi connectivity index (χ0v) is 23.7. The summed E-state index contributed by atoms with van der Waals surface area (Å²) in [5.74, 6) is -0.0151. The van der Waals surface area contributed by atoms with Crippen molar-refractivity contribution in [1.82, 2.24) is 24.8 Å². The minimum absolute atomic E-state index is 0.0880. The molecule has 3 aromatic heterocycles. The summed E-state index contributed by atoms with van der Waals surface area (Å²) in [6, 6.07) is 8.56. The molecule has 3 aliphatic rings. The summed E-state index contributed by atoms with van der Waals surface area (Å²) < 4.78 is 19.7. The maximum atomic E-state index is 14.5. The topological polar surface area (TPSA) is 83.5 Å². The molecule has 6 rings (SSSR count). The molecule has 1 amide bonds. The Morgan fingerprint density at radius 3 is 2.85 bits per heavy atom. The van der Waals surface area contributed by atoms with Gasteiger partial charge in [-0.25, -0.2) is 14.4 Å². The van der Waals surface area contributed by atoms with Crippen LogP contribution in [0.4, 0.5) is 10.2 Å². The number of pyridine rings is 3. The number of hydrogen-bond donors (Lipinski definition) is 1. The van der Waals surface area contributed by atoms with Crippen LogP contribution in [0.1, 0.15) is 67.0 Å². The van der Waals surface area contributed by atoms with Gasteiger partial charge >= 0.3 is 0 Å². The smallest absolute Gasteiger partial charge is 0.230 e. The summed E-state index contributed by atoms with van der Waals surface area (Å²) in [5, 5.41) is 3.71. The first-order valence-corrected chi connectivity index (χ1v) is 14.2. The number of halogens is 1. The Bertz CT molecular complexity index is 1450. The Morgan fingerprint density at radius 1 is 1.23 bits per heavy atom.